The topological polar surface area (TPSA) is 151 Å². The summed E-state index contributed by atoms with van der Waals surface area (Å²) >= 11 is 0. The maximum atomic E-state index is 15.2. The highest BCUT2D eigenvalue weighted by molar-refractivity contribution is 7.90. The number of halogens is 3. The second-order valence-corrected chi connectivity index (χ2v) is 18.7. The molecular formula is C44H52F3N7O6S. The van der Waals surface area contributed by atoms with Crippen molar-refractivity contribution in [1.29, 1.82) is 5.26 Å². The largest absolute Gasteiger partial charge is 0.497 e. The first-order valence-electron chi connectivity index (χ1n) is 20.0. The minimum Gasteiger partial charge on any atom is -0.497 e. The lowest BCUT2D eigenvalue weighted by atomic mass is 9.75. The Morgan fingerprint density at radius 1 is 0.934 bits per heavy atom. The van der Waals surface area contributed by atoms with Crippen LogP contribution in [0.5, 0.6) is 11.5 Å². The molecule has 2 unspecified atom stereocenters. The van der Waals surface area contributed by atoms with Gasteiger partial charge in [0.15, 0.2) is 0 Å². The molecule has 3 heterocycles. The maximum Gasteiger partial charge on any atom is 0.418 e. The Kier molecular flexibility index (Phi) is 13.1. The summed E-state index contributed by atoms with van der Waals surface area (Å²) in [5.74, 6) is 0.768. The molecule has 0 bridgehead atoms. The van der Waals surface area contributed by atoms with Crippen molar-refractivity contribution in [2.24, 2.45) is 5.92 Å². The van der Waals surface area contributed by atoms with Crippen molar-refractivity contribution < 1.29 is 40.6 Å². The molecule has 2 aliphatic rings. The van der Waals surface area contributed by atoms with E-state index >= 15 is 13.2 Å². The average molecular weight is 864 g/mol. The lowest BCUT2D eigenvalue weighted by Gasteiger charge is -2.42. The van der Waals surface area contributed by atoms with Crippen molar-refractivity contribution in [3.63, 3.8) is 0 Å². The summed E-state index contributed by atoms with van der Waals surface area (Å²) in [7, 11) is -0.847. The van der Waals surface area contributed by atoms with Gasteiger partial charge in [-0.05, 0) is 93.5 Å². The number of nitriles is 1. The lowest BCUT2D eigenvalue weighted by molar-refractivity contribution is -0.139. The minimum atomic E-state index is -4.75. The van der Waals surface area contributed by atoms with Crippen molar-refractivity contribution in [3.8, 4) is 17.6 Å². The summed E-state index contributed by atoms with van der Waals surface area (Å²) in [6.07, 6.45) is -4.17. The number of anilines is 2. The molecule has 4 aromatic rings. The second kappa shape index (κ2) is 17.8. The van der Waals surface area contributed by atoms with Crippen LogP contribution < -0.4 is 19.3 Å². The molecule has 1 saturated heterocycles. The summed E-state index contributed by atoms with van der Waals surface area (Å²) in [5, 5.41) is 9.25. The van der Waals surface area contributed by atoms with Crippen molar-refractivity contribution in [3.05, 3.63) is 93.8 Å². The van der Waals surface area contributed by atoms with E-state index in [4.69, 9.17) is 19.2 Å². The number of hydrogen-bond donors (Lipinski definition) is 0. The van der Waals surface area contributed by atoms with Crippen molar-refractivity contribution in [2.45, 2.75) is 95.9 Å². The number of methoxy groups -OCH3 is 2. The number of nitrogens with zero attached hydrogens (tertiary/aromatic N) is 7. The number of benzene rings is 2. The number of fused-ring (bicyclic) bond motifs is 1. The van der Waals surface area contributed by atoms with Gasteiger partial charge in [0, 0.05) is 50.5 Å². The monoisotopic (exact) mass is 863 g/mol. The molecule has 326 valence electrons. The summed E-state index contributed by atoms with van der Waals surface area (Å²) in [4.78, 5) is 32.3. The van der Waals surface area contributed by atoms with Crippen LogP contribution in [0, 0.1) is 24.2 Å². The minimum absolute atomic E-state index is 0.00607. The van der Waals surface area contributed by atoms with E-state index in [0.29, 0.717) is 47.5 Å². The van der Waals surface area contributed by atoms with E-state index in [2.05, 4.69) is 16.0 Å². The predicted molar refractivity (Wildman–Crippen MR) is 223 cm³/mol. The van der Waals surface area contributed by atoms with E-state index in [1.165, 1.54) is 17.9 Å². The first-order chi connectivity index (χ1) is 28.7. The van der Waals surface area contributed by atoms with Crippen LogP contribution in [0.3, 0.4) is 0 Å². The van der Waals surface area contributed by atoms with E-state index in [-0.39, 0.29) is 50.2 Å². The molecule has 13 nitrogen and oxygen atoms in total. The number of aromatic nitrogens is 3. The molecule has 1 amide bonds. The number of piperazine rings is 1. The van der Waals surface area contributed by atoms with Crippen LogP contribution in [0.15, 0.2) is 59.8 Å². The fourth-order valence-corrected chi connectivity index (χ4v) is 8.56. The SMILES string of the molecule is COc1ccc(CN(Cc2ccc(OC)cc2)c2cc(C)c(C(F)(F)F)c(C3Cc4nc(S(C)(=O)=O)nc(N5CCN(C(=O)OC(C)(C)C)[C@@H](CC#N)C5)c4CC3C)n2)cc1. The number of carbonyl (C=O) groups is 1. The third kappa shape index (κ3) is 10.5. The number of sulfone groups is 1. The molecule has 0 spiro atoms. The molecular weight excluding hydrogens is 812 g/mol. The number of aryl methyl sites for hydroxylation is 1. The van der Waals surface area contributed by atoms with Crippen LogP contribution in [0.4, 0.5) is 29.6 Å². The molecule has 3 atom stereocenters. The number of amides is 1. The molecule has 1 aliphatic heterocycles. The van der Waals surface area contributed by atoms with Crippen LogP contribution in [-0.2, 0) is 46.7 Å². The van der Waals surface area contributed by atoms with Gasteiger partial charge in [0.25, 0.3) is 0 Å². The number of alkyl halides is 3. The summed E-state index contributed by atoms with van der Waals surface area (Å²) in [6, 6.07) is 17.9. The van der Waals surface area contributed by atoms with Gasteiger partial charge in [0.2, 0.25) is 15.0 Å². The van der Waals surface area contributed by atoms with Gasteiger partial charge >= 0.3 is 12.3 Å². The molecule has 0 N–H and O–H groups in total. The fraction of sp³-hybridized carbons (Fsp3) is 0.477. The molecule has 0 saturated carbocycles. The number of rotatable bonds is 11. The Bertz CT molecular complexity index is 2330. The van der Waals surface area contributed by atoms with E-state index in [1.54, 1.807) is 35.0 Å². The fourth-order valence-electron chi connectivity index (χ4n) is 8.03. The van der Waals surface area contributed by atoms with Gasteiger partial charge in [-0.3, -0.25) is 0 Å². The molecule has 2 aromatic carbocycles. The van der Waals surface area contributed by atoms with Crippen molar-refractivity contribution >= 4 is 27.6 Å². The van der Waals surface area contributed by atoms with Gasteiger partial charge in [-0.2, -0.15) is 18.4 Å². The van der Waals surface area contributed by atoms with Crippen LogP contribution in [0.25, 0.3) is 0 Å². The number of carbonyl (C=O) groups excluding carboxylic acids is 1. The summed E-state index contributed by atoms with van der Waals surface area (Å²) in [6.45, 7) is 9.74. The zero-order chi connectivity index (χ0) is 44.4. The highest BCUT2D eigenvalue weighted by Crippen LogP contribution is 2.45. The Hall–Kier alpha value is -5.63. The van der Waals surface area contributed by atoms with Gasteiger partial charge in [0.05, 0.1) is 49.7 Å². The quantitative estimate of drug-likeness (QED) is 0.136. The number of hydrogen-bond acceptors (Lipinski definition) is 12. The van der Waals surface area contributed by atoms with Gasteiger partial charge < -0.3 is 28.9 Å². The van der Waals surface area contributed by atoms with Crippen LogP contribution in [0.2, 0.25) is 0 Å². The Labute approximate surface area is 355 Å². The Morgan fingerprint density at radius 2 is 1.52 bits per heavy atom. The van der Waals surface area contributed by atoms with Gasteiger partial charge in [-0.25, -0.2) is 28.2 Å². The summed E-state index contributed by atoms with van der Waals surface area (Å²) < 4.78 is 88.1. The third-order valence-electron chi connectivity index (χ3n) is 11.0. The lowest BCUT2D eigenvalue weighted by Crippen LogP contribution is -2.56. The molecule has 2 aromatic heterocycles. The van der Waals surface area contributed by atoms with Gasteiger partial charge in [-0.15, -0.1) is 0 Å². The number of pyridine rings is 1. The maximum absolute atomic E-state index is 15.2. The van der Waals surface area contributed by atoms with Crippen LogP contribution >= 0.6 is 0 Å². The first kappa shape index (κ1) is 44.9. The standard InChI is InChI=1S/C44H52F3N7O6S/c1-27-21-35-36(49-41(61(8,56)57)51-40(35)52-19-20-54(31(26-52)17-18-48)42(55)60-43(3,4)5)23-34(27)39-38(44(45,46)47)28(2)22-37(50-39)53(24-29-9-13-32(58-6)14-10-29)25-30-11-15-33(59-7)16-12-30/h9-16,22,27,31,34H,17,19-21,23-26H2,1-8H3/t27?,31-,34?/m0/s1. The first-order valence-corrected chi connectivity index (χ1v) is 21.9. The molecule has 61 heavy (non-hydrogen) atoms. The van der Waals surface area contributed by atoms with E-state index < -0.39 is 56.3 Å². The zero-order valence-corrected chi connectivity index (χ0v) is 36.5. The molecule has 1 aliphatic carbocycles. The normalized spacial score (nSPS) is 18.2. The zero-order valence-electron chi connectivity index (χ0n) is 35.7. The smallest absolute Gasteiger partial charge is 0.418 e. The van der Waals surface area contributed by atoms with Gasteiger partial charge in [0.1, 0.15) is 28.7 Å². The highest BCUT2D eigenvalue weighted by atomic mass is 32.2. The highest BCUT2D eigenvalue weighted by Gasteiger charge is 2.43. The van der Waals surface area contributed by atoms with E-state index in [0.717, 1.165) is 17.4 Å². The van der Waals surface area contributed by atoms with Gasteiger partial charge in [-0.1, -0.05) is 31.2 Å². The van der Waals surface area contributed by atoms with E-state index in [9.17, 15) is 18.5 Å². The molecule has 17 heteroatoms. The molecule has 1 fully saturated rings. The number of ether oxygens (including phenoxy) is 3. The predicted octanol–water partition coefficient (Wildman–Crippen LogP) is 7.68. The van der Waals surface area contributed by atoms with Crippen LogP contribution in [0.1, 0.15) is 79.2 Å². The van der Waals surface area contributed by atoms with Crippen molar-refractivity contribution in [2.75, 3.05) is 49.9 Å². The van der Waals surface area contributed by atoms with Crippen molar-refractivity contribution in [1.82, 2.24) is 19.9 Å². The molecule has 0 radical (unpaired) electrons. The Morgan fingerprint density at radius 3 is 2.03 bits per heavy atom. The van der Waals surface area contributed by atoms with E-state index in [1.807, 2.05) is 65.3 Å². The van der Waals surface area contributed by atoms with Crippen LogP contribution in [-0.4, -0.2) is 86.1 Å². The Balaban J connectivity index is 1.42. The second-order valence-electron chi connectivity index (χ2n) is 16.8. The molecule has 6 rings (SSSR count). The summed E-state index contributed by atoms with van der Waals surface area (Å²) in [5.41, 5.74) is 0.959. The third-order valence-corrected chi connectivity index (χ3v) is 11.8. The average Bonchev–Trinajstić information content (AvgIpc) is 3.18.